The molecule has 3 aliphatic heterocycles. The van der Waals surface area contributed by atoms with Gasteiger partial charge in [0, 0.05) is 44.3 Å². The van der Waals surface area contributed by atoms with Gasteiger partial charge in [0.1, 0.15) is 0 Å². The summed E-state index contributed by atoms with van der Waals surface area (Å²) in [5, 5.41) is 10.8. The van der Waals surface area contributed by atoms with E-state index in [1.54, 1.807) is 11.3 Å². The van der Waals surface area contributed by atoms with E-state index >= 15 is 0 Å². The van der Waals surface area contributed by atoms with Crippen molar-refractivity contribution in [3.8, 4) is 10.6 Å². The summed E-state index contributed by atoms with van der Waals surface area (Å²) in [6, 6.07) is 10.4. The van der Waals surface area contributed by atoms with Gasteiger partial charge >= 0.3 is 0 Å². The molecule has 0 saturated carbocycles. The van der Waals surface area contributed by atoms with Crippen LogP contribution in [-0.4, -0.2) is 59.0 Å². The van der Waals surface area contributed by atoms with E-state index in [-0.39, 0.29) is 0 Å². The van der Waals surface area contributed by atoms with Crippen LogP contribution in [0.3, 0.4) is 0 Å². The molecule has 0 spiro atoms. The zero-order valence-corrected chi connectivity index (χ0v) is 15.7. The summed E-state index contributed by atoms with van der Waals surface area (Å²) in [6.45, 7) is 1.69. The molecule has 0 aliphatic carbocycles. The quantitative estimate of drug-likeness (QED) is 0.893. The monoisotopic (exact) mass is 377 g/mol. The highest BCUT2D eigenvalue weighted by molar-refractivity contribution is 7.19. The van der Waals surface area contributed by atoms with Gasteiger partial charge in [-0.15, -0.1) is 11.3 Å². The van der Waals surface area contributed by atoms with Crippen molar-refractivity contribution in [1.29, 1.82) is 0 Å². The second kappa shape index (κ2) is 6.62. The maximum atomic E-state index is 4.76. The van der Waals surface area contributed by atoms with Crippen LogP contribution >= 0.6 is 11.3 Å². The summed E-state index contributed by atoms with van der Waals surface area (Å²) in [4.78, 5) is 17.0. The topological polar surface area (TPSA) is 68.5 Å². The van der Waals surface area contributed by atoms with Crippen molar-refractivity contribution in [3.05, 3.63) is 48.9 Å². The molecule has 2 aromatic rings. The normalized spacial score (nSPS) is 23.4. The van der Waals surface area contributed by atoms with E-state index in [1.165, 1.54) is 0 Å². The average molecular weight is 377 g/mol. The average Bonchev–Trinajstić information content (AvgIpc) is 3.42. The third-order valence-electron chi connectivity index (χ3n) is 4.86. The number of pyridine rings is 1. The third-order valence-corrected chi connectivity index (χ3v) is 5.89. The molecule has 0 amide bonds. The molecule has 7 nitrogen and oxygen atoms in total. The van der Waals surface area contributed by atoms with E-state index in [0.29, 0.717) is 12.0 Å². The van der Waals surface area contributed by atoms with Crippen LogP contribution in [0.2, 0.25) is 0 Å². The lowest BCUT2D eigenvalue weighted by Crippen LogP contribution is -2.44. The predicted octanol–water partition coefficient (Wildman–Crippen LogP) is 2.74. The number of thiophene rings is 1. The summed E-state index contributed by atoms with van der Waals surface area (Å²) in [7, 11) is 2.00. The van der Waals surface area contributed by atoms with E-state index < -0.39 is 0 Å². The van der Waals surface area contributed by atoms with Crippen LogP contribution in [0.25, 0.3) is 10.6 Å². The number of amidine groups is 2. The molecule has 0 aromatic carbocycles. The van der Waals surface area contributed by atoms with Crippen LogP contribution in [-0.2, 0) is 0 Å². The van der Waals surface area contributed by atoms with E-state index in [1.807, 2.05) is 55.1 Å². The second-order valence-corrected chi connectivity index (χ2v) is 7.77. The summed E-state index contributed by atoms with van der Waals surface area (Å²) in [5.74, 6) is 2.06. The standard InChI is InChI=1S/C19H19N7S/c1-25-12-13(10-23-25)15-11-22-19-18(21-8-9-26(15)19)24-17-6-5-16(27-17)14-4-2-3-7-20-14/h2-10,13,15H,11-12H2,1H3,(H,21,24). The fourth-order valence-corrected chi connectivity index (χ4v) is 4.42. The Balaban J connectivity index is 1.32. The van der Waals surface area contributed by atoms with Gasteiger partial charge in [-0.2, -0.15) is 5.10 Å². The van der Waals surface area contributed by atoms with Crippen molar-refractivity contribution >= 4 is 34.2 Å². The minimum atomic E-state index is 0.296. The van der Waals surface area contributed by atoms with Gasteiger partial charge in [-0.25, -0.2) is 4.99 Å². The SMILES string of the molecule is CN1CC(C2CN=C3C(Nc4ccc(-c5ccccn5)s4)=NC=CN32)C=N1. The first-order valence-corrected chi connectivity index (χ1v) is 9.71. The number of hydrogen-bond donors (Lipinski definition) is 1. The first-order chi connectivity index (χ1) is 13.3. The van der Waals surface area contributed by atoms with E-state index in [9.17, 15) is 0 Å². The highest BCUT2D eigenvalue weighted by Gasteiger charge is 2.37. The van der Waals surface area contributed by atoms with Crippen LogP contribution in [0, 0.1) is 5.92 Å². The molecule has 0 saturated heterocycles. The molecule has 27 heavy (non-hydrogen) atoms. The zero-order chi connectivity index (χ0) is 18.2. The van der Waals surface area contributed by atoms with Gasteiger partial charge in [-0.05, 0) is 24.3 Å². The highest BCUT2D eigenvalue weighted by atomic mass is 32.1. The number of aliphatic imine (C=N–C) groups is 2. The van der Waals surface area contributed by atoms with Crippen molar-refractivity contribution in [2.75, 3.05) is 25.5 Å². The zero-order valence-electron chi connectivity index (χ0n) is 14.9. The molecular formula is C19H19N7S. The number of aromatic nitrogens is 1. The Hall–Kier alpha value is -3.00. The summed E-state index contributed by atoms with van der Waals surface area (Å²) < 4.78 is 0. The first kappa shape index (κ1) is 16.2. The van der Waals surface area contributed by atoms with Crippen LogP contribution in [0.1, 0.15) is 0 Å². The fraction of sp³-hybridized carbons (Fsp3) is 0.263. The van der Waals surface area contributed by atoms with Crippen molar-refractivity contribution in [2.45, 2.75) is 6.04 Å². The molecule has 8 heteroatoms. The van der Waals surface area contributed by atoms with Gasteiger partial charge in [-0.3, -0.25) is 15.0 Å². The number of nitrogens with one attached hydrogen (secondary N) is 1. The number of rotatable bonds is 3. The Morgan fingerprint density at radius 1 is 1.22 bits per heavy atom. The van der Waals surface area contributed by atoms with E-state index in [0.717, 1.165) is 40.3 Å². The number of anilines is 1. The van der Waals surface area contributed by atoms with Gasteiger partial charge in [0.05, 0.1) is 28.2 Å². The Morgan fingerprint density at radius 2 is 2.19 bits per heavy atom. The van der Waals surface area contributed by atoms with Crippen LogP contribution in [0.4, 0.5) is 5.00 Å². The largest absolute Gasteiger partial charge is 0.329 e. The van der Waals surface area contributed by atoms with Crippen LogP contribution in [0.15, 0.2) is 64.0 Å². The highest BCUT2D eigenvalue weighted by Crippen LogP contribution is 2.31. The van der Waals surface area contributed by atoms with E-state index in [2.05, 4.69) is 37.4 Å². The molecule has 5 rings (SSSR count). The van der Waals surface area contributed by atoms with Gasteiger partial charge in [-0.1, -0.05) is 6.07 Å². The van der Waals surface area contributed by atoms with Crippen molar-refractivity contribution in [2.24, 2.45) is 21.0 Å². The van der Waals surface area contributed by atoms with E-state index in [4.69, 9.17) is 4.99 Å². The summed E-state index contributed by atoms with van der Waals surface area (Å²) >= 11 is 1.66. The minimum absolute atomic E-state index is 0.296. The summed E-state index contributed by atoms with van der Waals surface area (Å²) in [6.07, 6.45) is 7.70. The molecule has 2 unspecified atom stereocenters. The molecule has 3 aliphatic rings. The van der Waals surface area contributed by atoms with Crippen molar-refractivity contribution in [3.63, 3.8) is 0 Å². The number of fused-ring (bicyclic) bond motifs is 1. The molecule has 0 fully saturated rings. The molecule has 2 atom stereocenters. The fourth-order valence-electron chi connectivity index (χ4n) is 3.54. The Bertz CT molecular complexity index is 959. The molecule has 0 radical (unpaired) electrons. The Morgan fingerprint density at radius 3 is 3.00 bits per heavy atom. The number of hydrazone groups is 1. The van der Waals surface area contributed by atoms with Gasteiger partial charge in [0.25, 0.3) is 0 Å². The first-order valence-electron chi connectivity index (χ1n) is 8.89. The summed E-state index contributed by atoms with van der Waals surface area (Å²) in [5.41, 5.74) is 0.977. The molecule has 136 valence electrons. The lowest BCUT2D eigenvalue weighted by molar-refractivity contribution is 0.299. The minimum Gasteiger partial charge on any atom is -0.329 e. The van der Waals surface area contributed by atoms with Crippen molar-refractivity contribution < 1.29 is 0 Å². The molecular weight excluding hydrogens is 358 g/mol. The molecule has 1 N–H and O–H groups in total. The molecule has 5 heterocycles. The van der Waals surface area contributed by atoms with Crippen LogP contribution in [0.5, 0.6) is 0 Å². The number of hydrogen-bond acceptors (Lipinski definition) is 8. The smallest absolute Gasteiger partial charge is 0.174 e. The Labute approximate surface area is 161 Å². The van der Waals surface area contributed by atoms with Gasteiger partial charge < -0.3 is 10.2 Å². The maximum Gasteiger partial charge on any atom is 0.174 e. The lowest BCUT2D eigenvalue weighted by Gasteiger charge is -2.29. The van der Waals surface area contributed by atoms with Gasteiger partial charge in [0.2, 0.25) is 0 Å². The predicted molar refractivity (Wildman–Crippen MR) is 110 cm³/mol. The second-order valence-electron chi connectivity index (χ2n) is 6.69. The maximum absolute atomic E-state index is 4.76. The number of nitrogens with zero attached hydrogens (tertiary/aromatic N) is 6. The molecule has 2 aromatic heterocycles. The van der Waals surface area contributed by atoms with Crippen molar-refractivity contribution in [1.82, 2.24) is 14.9 Å². The third kappa shape index (κ3) is 3.02. The lowest BCUT2D eigenvalue weighted by atomic mass is 10.0. The Kier molecular flexibility index (Phi) is 3.97. The van der Waals surface area contributed by atoms with Gasteiger partial charge in [0.15, 0.2) is 11.7 Å². The molecule has 0 bridgehead atoms. The van der Waals surface area contributed by atoms with Crippen LogP contribution < -0.4 is 5.32 Å².